The molecule has 0 heterocycles. The van der Waals surface area contributed by atoms with E-state index in [1.54, 1.807) is 18.9 Å². The maximum Gasteiger partial charge on any atom is 0.416 e. The lowest BCUT2D eigenvalue weighted by molar-refractivity contribution is -0.137. The van der Waals surface area contributed by atoms with E-state index in [1.807, 2.05) is 30.3 Å². The molecule has 1 amide bonds. The highest BCUT2D eigenvalue weighted by Crippen LogP contribution is 2.37. The Balaban J connectivity index is 2.47. The number of rotatable bonds is 4. The zero-order valence-corrected chi connectivity index (χ0v) is 13.3. The molecule has 0 radical (unpaired) electrons. The molecule has 2 aromatic carbocycles. The number of amides is 1. The number of benzene rings is 2. The SMILES string of the molecule is C/C=C\C(=O)Nc1cc(C(F)(F)F)ccc1N(C)c1ccccc1. The van der Waals surface area contributed by atoms with Crippen LogP contribution >= 0.6 is 0 Å². The van der Waals surface area contributed by atoms with Crippen LogP contribution in [0.5, 0.6) is 0 Å². The third-order valence-electron chi connectivity index (χ3n) is 3.40. The van der Waals surface area contributed by atoms with Crippen molar-refractivity contribution < 1.29 is 18.0 Å². The second-order valence-corrected chi connectivity index (χ2v) is 5.11. The minimum absolute atomic E-state index is 0.0966. The first-order chi connectivity index (χ1) is 11.3. The molecular formula is C18H17F3N2O. The van der Waals surface area contributed by atoms with Gasteiger partial charge in [0.2, 0.25) is 5.91 Å². The summed E-state index contributed by atoms with van der Waals surface area (Å²) in [5, 5.41) is 2.51. The van der Waals surface area contributed by atoms with Crippen LogP contribution in [0, 0.1) is 0 Å². The highest BCUT2D eigenvalue weighted by atomic mass is 19.4. The average molecular weight is 334 g/mol. The molecule has 0 saturated heterocycles. The summed E-state index contributed by atoms with van der Waals surface area (Å²) in [7, 11) is 1.73. The van der Waals surface area contributed by atoms with E-state index in [0.717, 1.165) is 17.8 Å². The number of anilines is 3. The van der Waals surface area contributed by atoms with Crippen molar-refractivity contribution in [2.24, 2.45) is 0 Å². The molecule has 0 bridgehead atoms. The summed E-state index contributed by atoms with van der Waals surface area (Å²) in [5.41, 5.74) is 0.536. The number of allylic oxidation sites excluding steroid dienone is 1. The van der Waals surface area contributed by atoms with Crippen molar-refractivity contribution in [1.82, 2.24) is 0 Å². The quantitative estimate of drug-likeness (QED) is 0.799. The number of alkyl halides is 3. The van der Waals surface area contributed by atoms with Crippen molar-refractivity contribution in [3.8, 4) is 0 Å². The van der Waals surface area contributed by atoms with Crippen LogP contribution in [0.1, 0.15) is 12.5 Å². The van der Waals surface area contributed by atoms with Crippen LogP contribution in [0.15, 0.2) is 60.7 Å². The lowest BCUT2D eigenvalue weighted by Gasteiger charge is -2.23. The molecule has 126 valence electrons. The molecule has 0 aliphatic carbocycles. The first-order valence-corrected chi connectivity index (χ1v) is 7.26. The maximum absolute atomic E-state index is 13.0. The van der Waals surface area contributed by atoms with Crippen molar-refractivity contribution in [1.29, 1.82) is 0 Å². The zero-order valence-electron chi connectivity index (χ0n) is 13.3. The minimum atomic E-state index is -4.48. The summed E-state index contributed by atoms with van der Waals surface area (Å²) >= 11 is 0. The maximum atomic E-state index is 13.0. The minimum Gasteiger partial charge on any atom is -0.343 e. The van der Waals surface area contributed by atoms with Crippen molar-refractivity contribution in [3.05, 3.63) is 66.2 Å². The van der Waals surface area contributed by atoms with Gasteiger partial charge in [0, 0.05) is 12.7 Å². The van der Waals surface area contributed by atoms with Crippen molar-refractivity contribution in [2.45, 2.75) is 13.1 Å². The van der Waals surface area contributed by atoms with Crippen LogP contribution in [-0.4, -0.2) is 13.0 Å². The number of hydrogen-bond acceptors (Lipinski definition) is 2. The molecule has 2 rings (SSSR count). The van der Waals surface area contributed by atoms with Crippen molar-refractivity contribution in [2.75, 3.05) is 17.3 Å². The number of nitrogens with zero attached hydrogens (tertiary/aromatic N) is 1. The molecule has 0 saturated carbocycles. The fourth-order valence-electron chi connectivity index (χ4n) is 2.22. The van der Waals surface area contributed by atoms with Crippen LogP contribution in [0.3, 0.4) is 0 Å². The number of carbonyl (C=O) groups excluding carboxylic acids is 1. The summed E-state index contributed by atoms with van der Waals surface area (Å²) < 4.78 is 38.9. The van der Waals surface area contributed by atoms with Gasteiger partial charge in [-0.15, -0.1) is 0 Å². The van der Waals surface area contributed by atoms with Crippen molar-refractivity contribution >= 4 is 23.0 Å². The number of nitrogens with one attached hydrogen (secondary N) is 1. The lowest BCUT2D eigenvalue weighted by atomic mass is 10.1. The van der Waals surface area contributed by atoms with E-state index in [0.29, 0.717) is 5.69 Å². The Labute approximate surface area is 138 Å². The summed E-state index contributed by atoms with van der Waals surface area (Å²) in [6.07, 6.45) is -1.71. The van der Waals surface area contributed by atoms with E-state index in [2.05, 4.69) is 5.32 Å². The summed E-state index contributed by atoms with van der Waals surface area (Å²) in [4.78, 5) is 13.5. The van der Waals surface area contributed by atoms with Gasteiger partial charge in [-0.1, -0.05) is 24.3 Å². The first-order valence-electron chi connectivity index (χ1n) is 7.26. The normalized spacial score (nSPS) is 11.5. The van der Waals surface area contributed by atoms with Gasteiger partial charge in [0.05, 0.1) is 16.9 Å². The topological polar surface area (TPSA) is 32.3 Å². The van der Waals surface area contributed by atoms with E-state index in [1.165, 1.54) is 18.2 Å². The van der Waals surface area contributed by atoms with Crippen LogP contribution in [0.2, 0.25) is 0 Å². The highest BCUT2D eigenvalue weighted by Gasteiger charge is 2.31. The smallest absolute Gasteiger partial charge is 0.343 e. The Morgan fingerprint density at radius 1 is 1.12 bits per heavy atom. The number of halogens is 3. The predicted octanol–water partition coefficient (Wildman–Crippen LogP) is 4.99. The molecule has 0 atom stereocenters. The molecule has 24 heavy (non-hydrogen) atoms. The molecule has 0 aromatic heterocycles. The Bertz CT molecular complexity index is 740. The van der Waals surface area contributed by atoms with Crippen LogP contribution in [0.4, 0.5) is 30.2 Å². The molecule has 0 aliphatic heterocycles. The van der Waals surface area contributed by atoms with Gasteiger partial charge in [0.25, 0.3) is 0 Å². The Kier molecular flexibility index (Phi) is 5.28. The number of carbonyl (C=O) groups is 1. The van der Waals surface area contributed by atoms with Crippen LogP contribution in [-0.2, 0) is 11.0 Å². The standard InChI is InChI=1S/C18H17F3N2O/c1-3-7-17(24)22-15-12-13(18(19,20)21)10-11-16(15)23(2)14-8-5-4-6-9-14/h3-12H,1-2H3,(H,22,24)/b7-3-. The largest absolute Gasteiger partial charge is 0.416 e. The van der Waals surface area contributed by atoms with Gasteiger partial charge in [0.15, 0.2) is 0 Å². The second kappa shape index (κ2) is 7.21. The van der Waals surface area contributed by atoms with Gasteiger partial charge in [0.1, 0.15) is 0 Å². The van der Waals surface area contributed by atoms with Crippen molar-refractivity contribution in [3.63, 3.8) is 0 Å². The third kappa shape index (κ3) is 4.16. The molecule has 2 aromatic rings. The molecule has 3 nitrogen and oxygen atoms in total. The Morgan fingerprint density at radius 2 is 1.79 bits per heavy atom. The molecule has 6 heteroatoms. The third-order valence-corrected chi connectivity index (χ3v) is 3.40. The summed E-state index contributed by atoms with van der Waals surface area (Å²) in [6, 6.07) is 12.4. The van der Waals surface area contributed by atoms with Crippen LogP contribution in [0.25, 0.3) is 0 Å². The van der Waals surface area contributed by atoms with E-state index in [9.17, 15) is 18.0 Å². The van der Waals surface area contributed by atoms with Gasteiger partial charge in [-0.3, -0.25) is 4.79 Å². The monoisotopic (exact) mass is 334 g/mol. The van der Waals surface area contributed by atoms with Gasteiger partial charge in [-0.25, -0.2) is 0 Å². The number of para-hydroxylation sites is 1. The van der Waals surface area contributed by atoms with E-state index in [4.69, 9.17) is 0 Å². The average Bonchev–Trinajstić information content (AvgIpc) is 2.54. The molecule has 0 spiro atoms. The predicted molar refractivity (Wildman–Crippen MR) is 89.4 cm³/mol. The zero-order chi connectivity index (χ0) is 17.7. The van der Waals surface area contributed by atoms with Gasteiger partial charge < -0.3 is 10.2 Å². The number of hydrogen-bond donors (Lipinski definition) is 1. The first kappa shape index (κ1) is 17.6. The van der Waals surface area contributed by atoms with Crippen LogP contribution < -0.4 is 10.2 Å². The summed E-state index contributed by atoms with van der Waals surface area (Å²) in [6.45, 7) is 1.66. The lowest BCUT2D eigenvalue weighted by Crippen LogP contribution is -2.16. The Morgan fingerprint density at radius 3 is 2.38 bits per heavy atom. The fraction of sp³-hybridized carbons (Fsp3) is 0.167. The molecule has 1 N–H and O–H groups in total. The molecule has 0 fully saturated rings. The van der Waals surface area contributed by atoms with E-state index < -0.39 is 17.6 Å². The highest BCUT2D eigenvalue weighted by molar-refractivity contribution is 6.02. The second-order valence-electron chi connectivity index (χ2n) is 5.11. The van der Waals surface area contributed by atoms with E-state index in [-0.39, 0.29) is 5.69 Å². The molecule has 0 aliphatic rings. The molecular weight excluding hydrogens is 317 g/mol. The fourth-order valence-corrected chi connectivity index (χ4v) is 2.22. The van der Waals surface area contributed by atoms with Gasteiger partial charge >= 0.3 is 6.18 Å². The molecule has 0 unspecified atom stereocenters. The van der Waals surface area contributed by atoms with E-state index >= 15 is 0 Å². The van der Waals surface area contributed by atoms with Gasteiger partial charge in [-0.05, 0) is 43.3 Å². The Hall–Kier alpha value is -2.76. The van der Waals surface area contributed by atoms with Gasteiger partial charge in [-0.2, -0.15) is 13.2 Å². The summed E-state index contributed by atoms with van der Waals surface area (Å²) in [5.74, 6) is -0.487.